The lowest BCUT2D eigenvalue weighted by atomic mass is 9.99. The molecule has 32 heavy (non-hydrogen) atoms. The zero-order valence-electron chi connectivity index (χ0n) is 18.5. The lowest BCUT2D eigenvalue weighted by Crippen LogP contribution is -2.48. The first-order valence-electron chi connectivity index (χ1n) is 10.4. The summed E-state index contributed by atoms with van der Waals surface area (Å²) in [5, 5.41) is 27.2. The van der Waals surface area contributed by atoms with Gasteiger partial charge in [-0.1, -0.05) is 31.2 Å². The Morgan fingerprint density at radius 3 is 2.25 bits per heavy atom. The van der Waals surface area contributed by atoms with Crippen LogP contribution in [0.4, 0.5) is 0 Å². The summed E-state index contributed by atoms with van der Waals surface area (Å²) < 4.78 is 25.9. The fourth-order valence-electron chi connectivity index (χ4n) is 3.63. The molecule has 0 radical (unpaired) electrons. The first-order chi connectivity index (χ1) is 15.1. The van der Waals surface area contributed by atoms with E-state index in [0.29, 0.717) is 12.8 Å². The van der Waals surface area contributed by atoms with Crippen LogP contribution >= 0.6 is 0 Å². The summed E-state index contributed by atoms with van der Waals surface area (Å²) in [6.07, 6.45) is 1.74. The Balaban J connectivity index is 0.000000523. The van der Waals surface area contributed by atoms with Gasteiger partial charge in [0.15, 0.2) is 0 Å². The maximum absolute atomic E-state index is 9.51. The Labute approximate surface area is 187 Å². The zero-order valence-corrected chi connectivity index (χ0v) is 19.3. The maximum Gasteiger partial charge on any atom is 0.261 e. The van der Waals surface area contributed by atoms with Gasteiger partial charge in [0, 0.05) is 28.4 Å². The molecular formula is C24H30N2O5S. The minimum Gasteiger partial charge on any atom is -0.394 e. The van der Waals surface area contributed by atoms with Crippen molar-refractivity contribution in [3.05, 3.63) is 59.7 Å². The molecule has 5 N–H and O–H groups in total. The number of hydrogen-bond donors (Lipinski definition) is 5. The van der Waals surface area contributed by atoms with Crippen molar-refractivity contribution in [2.45, 2.75) is 32.4 Å². The smallest absolute Gasteiger partial charge is 0.261 e. The van der Waals surface area contributed by atoms with E-state index in [9.17, 15) is 18.6 Å². The Morgan fingerprint density at radius 2 is 1.62 bits per heavy atom. The van der Waals surface area contributed by atoms with Crippen molar-refractivity contribution in [3.8, 4) is 0 Å². The van der Waals surface area contributed by atoms with E-state index >= 15 is 0 Å². The van der Waals surface area contributed by atoms with Crippen LogP contribution in [0.1, 0.15) is 25.0 Å². The average molecular weight is 459 g/mol. The quantitative estimate of drug-likeness (QED) is 0.282. The second kappa shape index (κ2) is 9.56. The van der Waals surface area contributed by atoms with Gasteiger partial charge in [-0.3, -0.25) is 4.55 Å². The number of aliphatic hydroxyl groups excluding tert-OH is 2. The van der Waals surface area contributed by atoms with Gasteiger partial charge in [0.1, 0.15) is 0 Å². The minimum absolute atomic E-state index is 0.111. The number of nitrogens with one attached hydrogen (secondary N) is 2. The summed E-state index contributed by atoms with van der Waals surface area (Å²) >= 11 is 0. The molecule has 8 heteroatoms. The number of aromatic nitrogens is 1. The summed E-state index contributed by atoms with van der Waals surface area (Å²) in [6, 6.07) is 17.4. The molecule has 0 spiro atoms. The van der Waals surface area contributed by atoms with Crippen LogP contribution < -0.4 is 5.32 Å². The standard InChI is InChI=1S/C23H26N2O2.CH4O3S/c1-3-15-7-8-21-19(9-15)20-10-16-5-4-6-17(18(16)11-22(20)25-21)12-24-23(2,13-26)14-27;1-5(2,3)4/h4-11,24-27H,3,12-14H2,1-2H3;1H3,(H,2,3,4). The third-order valence-electron chi connectivity index (χ3n) is 5.56. The average Bonchev–Trinajstić information content (AvgIpc) is 3.11. The fraction of sp³-hybridized carbons (Fsp3) is 0.333. The van der Waals surface area contributed by atoms with Crippen LogP contribution in [0.3, 0.4) is 0 Å². The highest BCUT2D eigenvalue weighted by Gasteiger charge is 2.21. The lowest BCUT2D eigenvalue weighted by Gasteiger charge is -2.26. The summed E-state index contributed by atoms with van der Waals surface area (Å²) in [5.74, 6) is 0. The molecule has 0 saturated heterocycles. The van der Waals surface area contributed by atoms with Crippen LogP contribution in [0.25, 0.3) is 32.6 Å². The van der Waals surface area contributed by atoms with Crippen molar-refractivity contribution in [1.29, 1.82) is 0 Å². The molecule has 1 aromatic heterocycles. The molecule has 0 aliphatic heterocycles. The van der Waals surface area contributed by atoms with Crippen LogP contribution in [-0.2, 0) is 23.1 Å². The molecule has 7 nitrogen and oxygen atoms in total. The first kappa shape index (κ1) is 24.2. The van der Waals surface area contributed by atoms with Gasteiger partial charge in [0.25, 0.3) is 10.1 Å². The van der Waals surface area contributed by atoms with E-state index in [-0.39, 0.29) is 13.2 Å². The third-order valence-corrected chi connectivity index (χ3v) is 5.56. The minimum atomic E-state index is -3.67. The van der Waals surface area contributed by atoms with Crippen LogP contribution in [0.2, 0.25) is 0 Å². The Bertz CT molecular complexity index is 1330. The molecule has 0 unspecified atom stereocenters. The number of hydrogen-bond acceptors (Lipinski definition) is 5. The highest BCUT2D eigenvalue weighted by atomic mass is 32.2. The molecular weight excluding hydrogens is 428 g/mol. The predicted octanol–water partition coefficient (Wildman–Crippen LogP) is 3.37. The number of rotatable bonds is 6. The SMILES string of the molecule is CCc1ccc2[nH]c3cc4c(CNC(C)(CO)CO)cccc4cc3c2c1.CS(=O)(=O)O. The van der Waals surface area contributed by atoms with E-state index in [4.69, 9.17) is 4.55 Å². The normalized spacial score (nSPS) is 12.3. The van der Waals surface area contributed by atoms with Gasteiger partial charge < -0.3 is 20.5 Å². The maximum atomic E-state index is 9.51. The number of aryl methyl sites for hydroxylation is 1. The molecule has 0 amide bonds. The second-order valence-corrected chi connectivity index (χ2v) is 9.82. The summed E-state index contributed by atoms with van der Waals surface area (Å²) in [5.41, 5.74) is 4.09. The molecule has 0 saturated carbocycles. The van der Waals surface area contributed by atoms with Gasteiger partial charge in [-0.25, -0.2) is 0 Å². The highest BCUT2D eigenvalue weighted by Crippen LogP contribution is 2.31. The molecule has 0 atom stereocenters. The van der Waals surface area contributed by atoms with Crippen molar-refractivity contribution < 1.29 is 23.2 Å². The topological polar surface area (TPSA) is 123 Å². The molecule has 3 aromatic carbocycles. The monoisotopic (exact) mass is 458 g/mol. The van der Waals surface area contributed by atoms with E-state index in [1.165, 1.54) is 27.1 Å². The van der Waals surface area contributed by atoms with Crippen LogP contribution in [-0.4, -0.2) is 53.2 Å². The van der Waals surface area contributed by atoms with Gasteiger partial charge in [0.2, 0.25) is 0 Å². The number of aliphatic hydroxyl groups is 2. The molecule has 0 aliphatic carbocycles. The number of benzene rings is 3. The summed E-state index contributed by atoms with van der Waals surface area (Å²) in [4.78, 5) is 3.54. The molecule has 0 fully saturated rings. The Morgan fingerprint density at radius 1 is 0.969 bits per heavy atom. The Kier molecular flexibility index (Phi) is 7.22. The van der Waals surface area contributed by atoms with Gasteiger partial charge >= 0.3 is 0 Å². The van der Waals surface area contributed by atoms with Crippen LogP contribution in [0, 0.1) is 0 Å². The Hall–Kier alpha value is -2.49. The predicted molar refractivity (Wildman–Crippen MR) is 130 cm³/mol. The van der Waals surface area contributed by atoms with Crippen molar-refractivity contribution >= 4 is 42.7 Å². The molecule has 4 aromatic rings. The fourth-order valence-corrected chi connectivity index (χ4v) is 3.63. The molecule has 172 valence electrons. The molecule has 1 heterocycles. The van der Waals surface area contributed by atoms with Crippen molar-refractivity contribution in [1.82, 2.24) is 10.3 Å². The van der Waals surface area contributed by atoms with Gasteiger partial charge in [0.05, 0.1) is 25.0 Å². The van der Waals surface area contributed by atoms with Crippen molar-refractivity contribution in [2.24, 2.45) is 0 Å². The van der Waals surface area contributed by atoms with E-state index in [0.717, 1.165) is 23.0 Å². The second-order valence-electron chi connectivity index (χ2n) is 8.36. The van der Waals surface area contributed by atoms with Crippen molar-refractivity contribution in [3.63, 3.8) is 0 Å². The highest BCUT2D eigenvalue weighted by molar-refractivity contribution is 7.85. The summed E-state index contributed by atoms with van der Waals surface area (Å²) in [6.45, 7) is 4.36. The largest absolute Gasteiger partial charge is 0.394 e. The molecule has 0 aliphatic rings. The van der Waals surface area contributed by atoms with E-state index in [1.54, 1.807) is 0 Å². The number of H-pyrrole nitrogens is 1. The number of fused-ring (bicyclic) bond motifs is 4. The van der Waals surface area contributed by atoms with Gasteiger partial charge in [-0.05, 0) is 59.5 Å². The first-order valence-corrected chi connectivity index (χ1v) is 12.3. The third kappa shape index (κ3) is 5.65. The van der Waals surface area contributed by atoms with E-state index < -0.39 is 15.7 Å². The van der Waals surface area contributed by atoms with Crippen LogP contribution in [0.5, 0.6) is 0 Å². The lowest BCUT2D eigenvalue weighted by molar-refractivity contribution is 0.103. The van der Waals surface area contributed by atoms with Crippen LogP contribution in [0.15, 0.2) is 48.5 Å². The van der Waals surface area contributed by atoms with Gasteiger partial charge in [-0.2, -0.15) is 8.42 Å². The van der Waals surface area contributed by atoms with Gasteiger partial charge in [-0.15, -0.1) is 0 Å². The zero-order chi connectivity index (χ0) is 23.5. The summed E-state index contributed by atoms with van der Waals surface area (Å²) in [7, 11) is -3.67. The number of aromatic amines is 1. The van der Waals surface area contributed by atoms with E-state index in [1.807, 2.05) is 6.92 Å². The van der Waals surface area contributed by atoms with E-state index in [2.05, 4.69) is 65.8 Å². The van der Waals surface area contributed by atoms with Crippen molar-refractivity contribution in [2.75, 3.05) is 19.5 Å². The molecule has 4 rings (SSSR count). The molecule has 0 bridgehead atoms.